The maximum atomic E-state index is 12.0. The number of anilines is 1. The van der Waals surface area contributed by atoms with Crippen LogP contribution in [-0.4, -0.2) is 10.9 Å². The van der Waals surface area contributed by atoms with E-state index in [9.17, 15) is 4.79 Å². The number of nitrogens with zero attached hydrogens (tertiary/aromatic N) is 1. The van der Waals surface area contributed by atoms with E-state index in [1.807, 2.05) is 13.0 Å². The van der Waals surface area contributed by atoms with E-state index in [2.05, 4.69) is 32.9 Å². The fourth-order valence-electron chi connectivity index (χ4n) is 1.42. The third kappa shape index (κ3) is 3.20. The van der Waals surface area contributed by atoms with Crippen LogP contribution in [0.25, 0.3) is 0 Å². The van der Waals surface area contributed by atoms with Crippen LogP contribution in [0.4, 0.5) is 5.82 Å². The highest BCUT2D eigenvalue weighted by Crippen LogP contribution is 2.17. The van der Waals surface area contributed by atoms with Gasteiger partial charge in [-0.15, -0.1) is 0 Å². The molecule has 0 saturated carbocycles. The van der Waals surface area contributed by atoms with Crippen LogP contribution in [0.1, 0.15) is 15.9 Å². The molecule has 1 N–H and O–H groups in total. The van der Waals surface area contributed by atoms with Gasteiger partial charge in [0.05, 0.1) is 0 Å². The molecule has 2 rings (SSSR count). The average molecular weight is 373 g/mol. The minimum absolute atomic E-state index is 0.191. The number of amides is 1. The topological polar surface area (TPSA) is 42.0 Å². The lowest BCUT2D eigenvalue weighted by Crippen LogP contribution is -2.13. The summed E-state index contributed by atoms with van der Waals surface area (Å²) in [5.74, 6) is 0.344. The molecule has 0 fully saturated rings. The van der Waals surface area contributed by atoms with Gasteiger partial charge in [0.1, 0.15) is 5.82 Å². The van der Waals surface area contributed by atoms with E-state index in [0.717, 1.165) is 9.13 Å². The van der Waals surface area contributed by atoms with Crippen LogP contribution >= 0.6 is 34.2 Å². The van der Waals surface area contributed by atoms with Crippen molar-refractivity contribution in [3.05, 3.63) is 56.2 Å². The molecular formula is C13H10ClIN2O. The van der Waals surface area contributed by atoms with Crippen LogP contribution in [0, 0.1) is 10.5 Å². The number of aryl methyl sites for hydroxylation is 1. The Morgan fingerprint density at radius 1 is 1.33 bits per heavy atom. The summed E-state index contributed by atoms with van der Waals surface area (Å²) < 4.78 is 1.02. The Hall–Kier alpha value is -1.14. The van der Waals surface area contributed by atoms with Gasteiger partial charge in [0.2, 0.25) is 0 Å². The number of rotatable bonds is 2. The summed E-state index contributed by atoms with van der Waals surface area (Å²) in [5.41, 5.74) is 1.44. The summed E-state index contributed by atoms with van der Waals surface area (Å²) in [6.07, 6.45) is 1.70. The van der Waals surface area contributed by atoms with Crippen molar-refractivity contribution in [3.63, 3.8) is 0 Å². The minimum Gasteiger partial charge on any atom is -0.307 e. The predicted molar refractivity (Wildman–Crippen MR) is 81.1 cm³/mol. The molecular weight excluding hydrogens is 363 g/mol. The van der Waals surface area contributed by atoms with E-state index in [1.54, 1.807) is 30.5 Å². The number of halogens is 2. The van der Waals surface area contributed by atoms with Crippen LogP contribution in [0.5, 0.6) is 0 Å². The fourth-order valence-corrected chi connectivity index (χ4v) is 1.86. The van der Waals surface area contributed by atoms with Crippen molar-refractivity contribution in [2.75, 3.05) is 5.32 Å². The number of carbonyl (C=O) groups excluding carboxylic acids is 1. The molecule has 0 bridgehead atoms. The molecule has 0 spiro atoms. The van der Waals surface area contributed by atoms with Crippen molar-refractivity contribution in [2.45, 2.75) is 6.92 Å². The van der Waals surface area contributed by atoms with Gasteiger partial charge >= 0.3 is 0 Å². The van der Waals surface area contributed by atoms with Crippen LogP contribution < -0.4 is 5.32 Å². The van der Waals surface area contributed by atoms with E-state index < -0.39 is 0 Å². The number of benzene rings is 1. The number of hydrogen-bond acceptors (Lipinski definition) is 2. The van der Waals surface area contributed by atoms with Crippen LogP contribution in [0.2, 0.25) is 5.02 Å². The van der Waals surface area contributed by atoms with Gasteiger partial charge in [0.25, 0.3) is 5.91 Å². The van der Waals surface area contributed by atoms with Gasteiger partial charge in [-0.3, -0.25) is 4.79 Å². The Labute approximate surface area is 124 Å². The zero-order chi connectivity index (χ0) is 13.1. The monoisotopic (exact) mass is 372 g/mol. The van der Waals surface area contributed by atoms with Crippen molar-refractivity contribution in [2.24, 2.45) is 0 Å². The highest BCUT2D eigenvalue weighted by atomic mass is 127. The SMILES string of the molecule is Cc1cc(C(=O)Nc2ccc(I)cn2)ccc1Cl. The highest BCUT2D eigenvalue weighted by Gasteiger charge is 2.08. The number of aromatic nitrogens is 1. The number of nitrogens with one attached hydrogen (secondary N) is 1. The molecule has 0 unspecified atom stereocenters. The fraction of sp³-hybridized carbons (Fsp3) is 0.0769. The first-order valence-electron chi connectivity index (χ1n) is 5.25. The number of carbonyl (C=O) groups is 1. The van der Waals surface area contributed by atoms with E-state index in [4.69, 9.17) is 11.6 Å². The summed E-state index contributed by atoms with van der Waals surface area (Å²) in [4.78, 5) is 16.1. The third-order valence-corrected chi connectivity index (χ3v) is 3.45. The molecule has 1 amide bonds. The van der Waals surface area contributed by atoms with Crippen molar-refractivity contribution in [3.8, 4) is 0 Å². The van der Waals surface area contributed by atoms with Crippen LogP contribution in [0.15, 0.2) is 36.5 Å². The smallest absolute Gasteiger partial charge is 0.256 e. The highest BCUT2D eigenvalue weighted by molar-refractivity contribution is 14.1. The number of hydrogen-bond donors (Lipinski definition) is 1. The summed E-state index contributed by atoms with van der Waals surface area (Å²) >= 11 is 8.08. The molecule has 1 heterocycles. The molecule has 0 aliphatic heterocycles. The van der Waals surface area contributed by atoms with Gasteiger partial charge in [-0.25, -0.2) is 4.98 Å². The molecule has 18 heavy (non-hydrogen) atoms. The molecule has 0 aliphatic carbocycles. The largest absolute Gasteiger partial charge is 0.307 e. The van der Waals surface area contributed by atoms with E-state index >= 15 is 0 Å². The summed E-state index contributed by atoms with van der Waals surface area (Å²) in [7, 11) is 0. The van der Waals surface area contributed by atoms with Gasteiger partial charge in [-0.1, -0.05) is 11.6 Å². The van der Waals surface area contributed by atoms with Gasteiger partial charge < -0.3 is 5.32 Å². The Kier molecular flexibility index (Phi) is 4.19. The van der Waals surface area contributed by atoms with E-state index in [1.165, 1.54) is 0 Å². The second-order valence-electron chi connectivity index (χ2n) is 3.78. The first kappa shape index (κ1) is 13.3. The summed E-state index contributed by atoms with van der Waals surface area (Å²) in [6, 6.07) is 8.81. The molecule has 92 valence electrons. The average Bonchev–Trinajstić information content (AvgIpc) is 2.35. The molecule has 0 saturated heterocycles. The van der Waals surface area contributed by atoms with Gasteiger partial charge in [-0.05, 0) is 65.4 Å². The van der Waals surface area contributed by atoms with Crippen LogP contribution in [0.3, 0.4) is 0 Å². The molecule has 1 aromatic carbocycles. The van der Waals surface area contributed by atoms with E-state index in [0.29, 0.717) is 16.4 Å². The molecule has 2 aromatic rings. The molecule has 0 aliphatic rings. The Balaban J connectivity index is 2.16. The van der Waals surface area contributed by atoms with E-state index in [-0.39, 0.29) is 5.91 Å². The standard InChI is InChI=1S/C13H10ClIN2O/c1-8-6-9(2-4-11(8)14)13(18)17-12-5-3-10(15)7-16-12/h2-7H,1H3,(H,16,17,18). The zero-order valence-corrected chi connectivity index (χ0v) is 12.5. The van der Waals surface area contributed by atoms with Crippen LogP contribution in [-0.2, 0) is 0 Å². The van der Waals surface area contributed by atoms with Gasteiger partial charge in [-0.2, -0.15) is 0 Å². The molecule has 0 radical (unpaired) electrons. The summed E-state index contributed by atoms with van der Waals surface area (Å²) in [6.45, 7) is 1.86. The second kappa shape index (κ2) is 5.67. The summed E-state index contributed by atoms with van der Waals surface area (Å²) in [5, 5.41) is 3.39. The Morgan fingerprint density at radius 2 is 2.11 bits per heavy atom. The lowest BCUT2D eigenvalue weighted by Gasteiger charge is -2.06. The van der Waals surface area contributed by atoms with Crippen molar-refractivity contribution < 1.29 is 4.79 Å². The van der Waals surface area contributed by atoms with Crippen molar-refractivity contribution in [1.29, 1.82) is 0 Å². The molecule has 5 heteroatoms. The maximum Gasteiger partial charge on any atom is 0.256 e. The third-order valence-electron chi connectivity index (χ3n) is 2.39. The van der Waals surface area contributed by atoms with Crippen molar-refractivity contribution in [1.82, 2.24) is 4.98 Å². The van der Waals surface area contributed by atoms with Gasteiger partial charge in [0, 0.05) is 20.4 Å². The maximum absolute atomic E-state index is 12.0. The first-order valence-corrected chi connectivity index (χ1v) is 6.71. The number of pyridine rings is 1. The molecule has 3 nitrogen and oxygen atoms in total. The van der Waals surface area contributed by atoms with Crippen molar-refractivity contribution >= 4 is 45.9 Å². The Morgan fingerprint density at radius 3 is 2.72 bits per heavy atom. The molecule has 0 atom stereocenters. The first-order chi connectivity index (χ1) is 8.56. The molecule has 1 aromatic heterocycles. The van der Waals surface area contributed by atoms with Gasteiger partial charge in [0.15, 0.2) is 0 Å². The lowest BCUT2D eigenvalue weighted by atomic mass is 10.1. The zero-order valence-electron chi connectivity index (χ0n) is 9.58. The minimum atomic E-state index is -0.191. The normalized spacial score (nSPS) is 10.2. The quantitative estimate of drug-likeness (QED) is 0.813. The lowest BCUT2D eigenvalue weighted by molar-refractivity contribution is 0.102. The second-order valence-corrected chi connectivity index (χ2v) is 5.43. The predicted octanol–water partition coefficient (Wildman–Crippen LogP) is 3.90. The Bertz CT molecular complexity index is 584.